The molecule has 3 aromatic rings. The van der Waals surface area contributed by atoms with Gasteiger partial charge in [-0.2, -0.15) is 4.80 Å². The van der Waals surface area contributed by atoms with Gasteiger partial charge in [0, 0.05) is 38.3 Å². The third kappa shape index (κ3) is 6.95. The van der Waals surface area contributed by atoms with Crippen LogP contribution in [0.5, 0.6) is 5.75 Å². The highest BCUT2D eigenvalue weighted by Crippen LogP contribution is 2.21. The van der Waals surface area contributed by atoms with Crippen LogP contribution in [-0.4, -0.2) is 79.9 Å². The second-order valence-electron chi connectivity index (χ2n) is 8.83. The molecule has 1 fully saturated rings. The molecule has 3 heterocycles. The van der Waals surface area contributed by atoms with Crippen LogP contribution in [0.15, 0.2) is 42.6 Å². The molecule has 192 valence electrons. The molecule has 1 aliphatic rings. The van der Waals surface area contributed by atoms with Gasteiger partial charge >= 0.3 is 0 Å². The van der Waals surface area contributed by atoms with Gasteiger partial charge in [-0.15, -0.1) is 10.2 Å². The summed E-state index contributed by atoms with van der Waals surface area (Å²) in [5.74, 6) is 1.06. The second kappa shape index (κ2) is 12.2. The van der Waals surface area contributed by atoms with Crippen LogP contribution in [0.3, 0.4) is 0 Å². The summed E-state index contributed by atoms with van der Waals surface area (Å²) in [6, 6.07) is 9.06. The predicted molar refractivity (Wildman–Crippen MR) is 136 cm³/mol. The fourth-order valence-electron chi connectivity index (χ4n) is 4.24. The first-order valence-electron chi connectivity index (χ1n) is 12.0. The Hall–Kier alpha value is -4.17. The number of benzene rings is 1. The summed E-state index contributed by atoms with van der Waals surface area (Å²) in [6.07, 6.45) is 4.98. The van der Waals surface area contributed by atoms with Gasteiger partial charge in [-0.3, -0.25) is 14.7 Å². The monoisotopic (exact) mass is 503 g/mol. The van der Waals surface area contributed by atoms with Crippen molar-refractivity contribution in [3.63, 3.8) is 0 Å². The van der Waals surface area contributed by atoms with E-state index in [1.54, 1.807) is 43.5 Å². The van der Waals surface area contributed by atoms with E-state index in [4.69, 9.17) is 11.3 Å². The number of rotatable bonds is 9. The summed E-state index contributed by atoms with van der Waals surface area (Å²) >= 11 is 0. The molecule has 0 N–H and O–H groups in total. The molecule has 1 amide bonds. The van der Waals surface area contributed by atoms with Crippen molar-refractivity contribution >= 4 is 17.7 Å². The highest BCUT2D eigenvalue weighted by atomic mass is 19.1. The van der Waals surface area contributed by atoms with Gasteiger partial charge < -0.3 is 9.64 Å². The largest absolute Gasteiger partial charge is 0.489 e. The van der Waals surface area contributed by atoms with Crippen molar-refractivity contribution in [3.8, 4) is 5.75 Å². The molecule has 11 heteroatoms. The second-order valence-corrected chi connectivity index (χ2v) is 8.83. The highest BCUT2D eigenvalue weighted by molar-refractivity contribution is 5.92. The number of hydrogen-bond acceptors (Lipinski definition) is 7. The van der Waals surface area contributed by atoms with E-state index in [1.165, 1.54) is 4.80 Å². The number of alkyl halides is 1. The lowest BCUT2D eigenvalue weighted by Gasteiger charge is -2.39. The van der Waals surface area contributed by atoms with Crippen molar-refractivity contribution in [3.05, 3.63) is 76.7 Å². The van der Waals surface area contributed by atoms with Gasteiger partial charge in [-0.1, -0.05) is 18.2 Å². The molecule has 0 spiro atoms. The van der Waals surface area contributed by atoms with Crippen molar-refractivity contribution in [1.29, 1.82) is 0 Å². The predicted octanol–water partition coefficient (Wildman–Crippen LogP) is 3.07. The molecular formula is C26H29FN8O2. The van der Waals surface area contributed by atoms with E-state index >= 15 is 0 Å². The van der Waals surface area contributed by atoms with Crippen LogP contribution in [0.1, 0.15) is 29.6 Å². The van der Waals surface area contributed by atoms with E-state index in [2.05, 4.69) is 30.1 Å². The van der Waals surface area contributed by atoms with Crippen LogP contribution in [0.4, 0.5) is 10.1 Å². The van der Waals surface area contributed by atoms with Crippen LogP contribution in [-0.2, 0) is 17.9 Å². The molecule has 1 aromatic carbocycles. The lowest BCUT2D eigenvalue weighted by atomic mass is 10.1. The number of aryl methyl sites for hydroxylation is 1. The molecule has 1 atom stereocenters. The van der Waals surface area contributed by atoms with Gasteiger partial charge in [0.05, 0.1) is 25.0 Å². The first kappa shape index (κ1) is 25.9. The minimum Gasteiger partial charge on any atom is -0.489 e. The van der Waals surface area contributed by atoms with Gasteiger partial charge in [-0.25, -0.2) is 9.24 Å². The first-order valence-corrected chi connectivity index (χ1v) is 12.0. The number of aromatic nitrogens is 5. The van der Waals surface area contributed by atoms with E-state index in [0.717, 1.165) is 29.9 Å². The zero-order chi connectivity index (χ0) is 26.2. The van der Waals surface area contributed by atoms with E-state index < -0.39 is 6.67 Å². The standard InChI is InChI=1S/C26H29FN8O2/c1-19-16-33(18-24-7-8-25(15-29-24)37-13-10-27)11-12-34(19)26(36)9-5-21-4-6-23(28-3)14-22(21)17-35-31-20(2)30-32-35/h4-9,14-15,19H,10-13,16-18H2,1-2H3/b9-5+/t19-/m1/s1/i3-1. The van der Waals surface area contributed by atoms with Crippen molar-refractivity contribution in [2.75, 3.05) is 32.9 Å². The summed E-state index contributed by atoms with van der Waals surface area (Å²) in [6.45, 7) is 13.7. The normalized spacial score (nSPS) is 16.2. The maximum absolute atomic E-state index is 13.0. The quantitative estimate of drug-likeness (QED) is 0.327. The minimum absolute atomic E-state index is 0.0231. The molecule has 1 saturated heterocycles. The van der Waals surface area contributed by atoms with E-state index in [9.17, 15) is 9.18 Å². The topological polar surface area (TPSA) is 93.6 Å². The fourth-order valence-corrected chi connectivity index (χ4v) is 4.24. The Kier molecular flexibility index (Phi) is 8.53. The van der Waals surface area contributed by atoms with E-state index in [-0.39, 0.29) is 18.6 Å². The average Bonchev–Trinajstić information content (AvgIpc) is 3.31. The number of amides is 1. The third-order valence-corrected chi connectivity index (χ3v) is 6.05. The number of pyridine rings is 1. The van der Waals surface area contributed by atoms with Crippen LogP contribution in [0, 0.1) is 13.5 Å². The lowest BCUT2D eigenvalue weighted by molar-refractivity contribution is -0.130. The number of tetrazole rings is 1. The Labute approximate surface area is 215 Å². The van der Waals surface area contributed by atoms with Crippen molar-refractivity contribution in [1.82, 2.24) is 35.0 Å². The fraction of sp³-hybridized carbons (Fsp3) is 0.385. The maximum Gasteiger partial charge on any atom is 0.246 e. The van der Waals surface area contributed by atoms with Crippen molar-refractivity contribution < 1.29 is 13.9 Å². The van der Waals surface area contributed by atoms with Crippen LogP contribution in [0.25, 0.3) is 10.9 Å². The summed E-state index contributed by atoms with van der Waals surface area (Å²) in [7, 11) is 0. The van der Waals surface area contributed by atoms with Gasteiger partial charge in [-0.05, 0) is 48.4 Å². The zero-order valence-corrected chi connectivity index (χ0v) is 20.9. The number of halogens is 1. The molecule has 0 bridgehead atoms. The van der Waals surface area contributed by atoms with Gasteiger partial charge in [0.15, 0.2) is 11.5 Å². The molecule has 37 heavy (non-hydrogen) atoms. The molecule has 0 radical (unpaired) electrons. The SMILES string of the molecule is Cc1nnn(Cc2cc([N+]#[11C-])ccc2/C=C/C(=O)N2CCN(Cc3ccc(OCCF)cn3)C[C@H]2C)n1. The summed E-state index contributed by atoms with van der Waals surface area (Å²) in [5, 5.41) is 12.1. The Balaban J connectivity index is 1.36. The van der Waals surface area contributed by atoms with Gasteiger partial charge in [0.25, 0.3) is 0 Å². The Morgan fingerprint density at radius 1 is 1.27 bits per heavy atom. The van der Waals surface area contributed by atoms with Gasteiger partial charge in [0.2, 0.25) is 5.91 Å². The van der Waals surface area contributed by atoms with Crippen molar-refractivity contribution in [2.45, 2.75) is 33.0 Å². The number of carbonyl (C=O) groups is 1. The van der Waals surface area contributed by atoms with Gasteiger partial charge in [0.1, 0.15) is 19.0 Å². The smallest absolute Gasteiger partial charge is 0.246 e. The number of hydrogen-bond donors (Lipinski definition) is 0. The summed E-state index contributed by atoms with van der Waals surface area (Å²) in [5.41, 5.74) is 3.07. The number of nitrogens with zero attached hydrogens (tertiary/aromatic N) is 8. The number of carbonyl (C=O) groups excluding carboxylic acids is 1. The summed E-state index contributed by atoms with van der Waals surface area (Å²) < 4.78 is 17.5. The average molecular weight is 504 g/mol. The Bertz CT molecular complexity index is 1280. The number of piperazine rings is 1. The lowest BCUT2D eigenvalue weighted by Crippen LogP contribution is -2.53. The van der Waals surface area contributed by atoms with Crippen LogP contribution < -0.4 is 4.74 Å². The van der Waals surface area contributed by atoms with Crippen LogP contribution >= 0.6 is 0 Å². The molecule has 4 rings (SSSR count). The molecule has 1 aliphatic heterocycles. The van der Waals surface area contributed by atoms with E-state index in [0.29, 0.717) is 36.9 Å². The first-order chi connectivity index (χ1) is 17.9. The number of ether oxygens (including phenoxy) is 1. The molecule has 0 aliphatic carbocycles. The highest BCUT2D eigenvalue weighted by Gasteiger charge is 2.26. The molecule has 0 unspecified atom stereocenters. The molecule has 2 aromatic heterocycles. The van der Waals surface area contributed by atoms with Crippen molar-refractivity contribution in [2.24, 2.45) is 0 Å². The molecule has 0 saturated carbocycles. The third-order valence-electron chi connectivity index (χ3n) is 6.05. The summed E-state index contributed by atoms with van der Waals surface area (Å²) in [4.78, 5) is 26.6. The van der Waals surface area contributed by atoms with E-state index in [1.807, 2.05) is 24.0 Å². The Morgan fingerprint density at radius 3 is 2.81 bits per heavy atom. The Morgan fingerprint density at radius 2 is 2.14 bits per heavy atom. The zero-order valence-electron chi connectivity index (χ0n) is 20.9. The molecule has 10 nitrogen and oxygen atoms in total. The van der Waals surface area contributed by atoms with Crippen LogP contribution in [0.2, 0.25) is 0 Å². The molecular weight excluding hydrogens is 474 g/mol. The maximum atomic E-state index is 13.0. The minimum atomic E-state index is -0.534.